The van der Waals surface area contributed by atoms with Crippen molar-refractivity contribution in [1.82, 2.24) is 10.3 Å². The van der Waals surface area contributed by atoms with Crippen LogP contribution in [0.3, 0.4) is 0 Å². The number of aryl methyl sites for hydroxylation is 1. The number of aromatic nitrogens is 1. The summed E-state index contributed by atoms with van der Waals surface area (Å²) in [5, 5.41) is 5.83. The van der Waals surface area contributed by atoms with E-state index in [4.69, 9.17) is 5.73 Å². The van der Waals surface area contributed by atoms with Crippen LogP contribution < -0.4 is 11.1 Å². The number of carbonyl (C=O) groups is 1. The lowest BCUT2D eigenvalue weighted by Gasteiger charge is -2.10. The number of hydrogen-bond acceptors (Lipinski definition) is 4. The van der Waals surface area contributed by atoms with Crippen LogP contribution in [0.4, 0.5) is 0 Å². The van der Waals surface area contributed by atoms with Crippen LogP contribution in [-0.4, -0.2) is 17.4 Å². The van der Waals surface area contributed by atoms with Crippen molar-refractivity contribution in [2.45, 2.75) is 32.7 Å². The maximum absolute atomic E-state index is 11.4. The first-order valence-electron chi connectivity index (χ1n) is 5.05. The minimum Gasteiger partial charge on any atom is -0.347 e. The van der Waals surface area contributed by atoms with Crippen molar-refractivity contribution in [3.63, 3.8) is 0 Å². The highest BCUT2D eigenvalue weighted by atomic mass is 32.1. The third kappa shape index (κ3) is 3.97. The summed E-state index contributed by atoms with van der Waals surface area (Å²) in [6.07, 6.45) is 1.22. The molecule has 1 aromatic rings. The molecule has 1 amide bonds. The molecule has 15 heavy (non-hydrogen) atoms. The topological polar surface area (TPSA) is 68.0 Å². The maximum atomic E-state index is 11.4. The van der Waals surface area contributed by atoms with Gasteiger partial charge in [-0.1, -0.05) is 0 Å². The molecule has 1 unspecified atom stereocenters. The van der Waals surface area contributed by atoms with Crippen molar-refractivity contribution in [1.29, 1.82) is 0 Å². The van der Waals surface area contributed by atoms with Gasteiger partial charge < -0.3 is 11.1 Å². The van der Waals surface area contributed by atoms with E-state index in [1.165, 1.54) is 0 Å². The first-order chi connectivity index (χ1) is 7.13. The summed E-state index contributed by atoms with van der Waals surface area (Å²) in [4.78, 5) is 15.7. The Morgan fingerprint density at radius 1 is 1.73 bits per heavy atom. The summed E-state index contributed by atoms with van der Waals surface area (Å²) < 4.78 is 0. The number of nitrogens with one attached hydrogen (secondary N) is 1. The molecule has 0 fully saturated rings. The van der Waals surface area contributed by atoms with E-state index < -0.39 is 0 Å². The fourth-order valence-electron chi connectivity index (χ4n) is 1.21. The first kappa shape index (κ1) is 12.1. The van der Waals surface area contributed by atoms with Crippen LogP contribution in [0, 0.1) is 6.92 Å². The van der Waals surface area contributed by atoms with Gasteiger partial charge in [-0.25, -0.2) is 4.98 Å². The fraction of sp³-hybridized carbons (Fsp3) is 0.600. The van der Waals surface area contributed by atoms with E-state index in [-0.39, 0.29) is 11.9 Å². The van der Waals surface area contributed by atoms with Crippen molar-refractivity contribution in [3.8, 4) is 0 Å². The summed E-state index contributed by atoms with van der Waals surface area (Å²) in [5.41, 5.74) is 6.33. The van der Waals surface area contributed by atoms with Crippen molar-refractivity contribution in [3.05, 3.63) is 16.1 Å². The molecule has 1 atom stereocenters. The van der Waals surface area contributed by atoms with Gasteiger partial charge in [-0.05, 0) is 26.8 Å². The van der Waals surface area contributed by atoms with Crippen LogP contribution in [0.15, 0.2) is 5.38 Å². The first-order valence-corrected chi connectivity index (χ1v) is 5.93. The second-order valence-electron chi connectivity index (χ2n) is 3.51. The van der Waals surface area contributed by atoms with E-state index in [0.717, 1.165) is 17.1 Å². The molecule has 5 heteroatoms. The molecule has 0 aliphatic heterocycles. The second-order valence-corrected chi connectivity index (χ2v) is 4.40. The second kappa shape index (κ2) is 5.82. The van der Waals surface area contributed by atoms with Crippen molar-refractivity contribution >= 4 is 17.2 Å². The zero-order valence-corrected chi connectivity index (χ0v) is 9.93. The highest BCUT2D eigenvalue weighted by Crippen LogP contribution is 2.17. The number of nitrogens with zero attached hydrogens (tertiary/aromatic N) is 1. The number of nitrogens with two attached hydrogens (primary N) is 1. The number of rotatable bonds is 5. The third-order valence-corrected chi connectivity index (χ3v) is 3.14. The SMILES string of the molecule is Cc1csc(C(C)NC(=O)CCCN)n1. The quantitative estimate of drug-likeness (QED) is 0.798. The van der Waals surface area contributed by atoms with E-state index in [1.807, 2.05) is 19.2 Å². The van der Waals surface area contributed by atoms with E-state index in [0.29, 0.717) is 13.0 Å². The van der Waals surface area contributed by atoms with Crippen LogP contribution in [0.2, 0.25) is 0 Å². The van der Waals surface area contributed by atoms with Gasteiger partial charge in [0, 0.05) is 17.5 Å². The highest BCUT2D eigenvalue weighted by molar-refractivity contribution is 7.09. The van der Waals surface area contributed by atoms with Gasteiger partial charge in [-0.2, -0.15) is 0 Å². The predicted octanol–water partition coefficient (Wildman–Crippen LogP) is 1.37. The van der Waals surface area contributed by atoms with Gasteiger partial charge in [0.25, 0.3) is 0 Å². The van der Waals surface area contributed by atoms with Gasteiger partial charge in [-0.3, -0.25) is 4.79 Å². The van der Waals surface area contributed by atoms with Gasteiger partial charge in [0.15, 0.2) is 0 Å². The van der Waals surface area contributed by atoms with Crippen LogP contribution >= 0.6 is 11.3 Å². The van der Waals surface area contributed by atoms with Crippen LogP contribution in [0.5, 0.6) is 0 Å². The van der Waals surface area contributed by atoms with E-state index in [9.17, 15) is 4.79 Å². The molecule has 1 heterocycles. The lowest BCUT2D eigenvalue weighted by molar-refractivity contribution is -0.121. The Morgan fingerprint density at radius 2 is 2.47 bits per heavy atom. The molecular weight excluding hydrogens is 210 g/mol. The molecular formula is C10H17N3OS. The molecule has 0 spiro atoms. The van der Waals surface area contributed by atoms with Gasteiger partial charge in [0.2, 0.25) is 5.91 Å². The molecule has 1 aromatic heterocycles. The minimum atomic E-state index is -0.00558. The van der Waals surface area contributed by atoms with E-state index in [1.54, 1.807) is 11.3 Å². The lowest BCUT2D eigenvalue weighted by atomic mass is 10.2. The van der Waals surface area contributed by atoms with Crippen LogP contribution in [-0.2, 0) is 4.79 Å². The number of carbonyl (C=O) groups excluding carboxylic acids is 1. The monoisotopic (exact) mass is 227 g/mol. The smallest absolute Gasteiger partial charge is 0.220 e. The molecule has 3 N–H and O–H groups in total. The summed E-state index contributed by atoms with van der Waals surface area (Å²) in [6.45, 7) is 4.44. The minimum absolute atomic E-state index is 0.00558. The molecule has 0 saturated heterocycles. The van der Waals surface area contributed by atoms with Gasteiger partial charge in [0.1, 0.15) is 5.01 Å². The maximum Gasteiger partial charge on any atom is 0.220 e. The Labute approximate surface area is 93.9 Å². The predicted molar refractivity (Wildman–Crippen MR) is 61.7 cm³/mol. The van der Waals surface area contributed by atoms with Crippen molar-refractivity contribution in [2.75, 3.05) is 6.54 Å². The third-order valence-electron chi connectivity index (χ3n) is 1.99. The zero-order valence-electron chi connectivity index (χ0n) is 9.12. The lowest BCUT2D eigenvalue weighted by Crippen LogP contribution is -2.26. The average molecular weight is 227 g/mol. The highest BCUT2D eigenvalue weighted by Gasteiger charge is 2.11. The molecule has 4 nitrogen and oxygen atoms in total. The Hall–Kier alpha value is -0.940. The fourth-order valence-corrected chi connectivity index (χ4v) is 2.01. The van der Waals surface area contributed by atoms with E-state index >= 15 is 0 Å². The number of thiazole rings is 1. The van der Waals surface area contributed by atoms with Gasteiger partial charge in [0.05, 0.1) is 6.04 Å². The molecule has 0 aromatic carbocycles. The van der Waals surface area contributed by atoms with E-state index in [2.05, 4.69) is 10.3 Å². The molecule has 0 saturated carbocycles. The summed E-state index contributed by atoms with van der Waals surface area (Å²) in [7, 11) is 0. The van der Waals surface area contributed by atoms with Crippen molar-refractivity contribution < 1.29 is 4.79 Å². The van der Waals surface area contributed by atoms with Gasteiger partial charge in [-0.15, -0.1) is 11.3 Å². The molecule has 84 valence electrons. The molecule has 0 aliphatic rings. The molecule has 0 bridgehead atoms. The number of hydrogen-bond donors (Lipinski definition) is 2. The largest absolute Gasteiger partial charge is 0.347 e. The Morgan fingerprint density at radius 3 is 3.00 bits per heavy atom. The number of amides is 1. The van der Waals surface area contributed by atoms with Crippen LogP contribution in [0.1, 0.15) is 36.5 Å². The summed E-state index contributed by atoms with van der Waals surface area (Å²) in [5.74, 6) is 0.0424. The summed E-state index contributed by atoms with van der Waals surface area (Å²) >= 11 is 1.57. The molecule has 1 rings (SSSR count). The standard InChI is InChI=1S/C10H17N3OS/c1-7-6-15-10(12-7)8(2)13-9(14)4-3-5-11/h6,8H,3-5,11H2,1-2H3,(H,13,14). The molecule has 0 radical (unpaired) electrons. The van der Waals surface area contributed by atoms with Crippen molar-refractivity contribution in [2.24, 2.45) is 5.73 Å². The Bertz CT molecular complexity index is 324. The summed E-state index contributed by atoms with van der Waals surface area (Å²) in [6, 6.07) is -0.00558. The Balaban J connectivity index is 2.41. The average Bonchev–Trinajstić information content (AvgIpc) is 2.61. The molecule has 0 aliphatic carbocycles. The normalized spacial score (nSPS) is 12.5. The zero-order chi connectivity index (χ0) is 11.3. The van der Waals surface area contributed by atoms with Crippen LogP contribution in [0.25, 0.3) is 0 Å². The Kier molecular flexibility index (Phi) is 4.71. The van der Waals surface area contributed by atoms with Gasteiger partial charge >= 0.3 is 0 Å².